The van der Waals surface area contributed by atoms with Gasteiger partial charge in [0.1, 0.15) is 0 Å². The third-order valence-corrected chi connectivity index (χ3v) is 3.21. The molecule has 0 saturated carbocycles. The fraction of sp³-hybridized carbons (Fsp3) is 0.533. The van der Waals surface area contributed by atoms with E-state index in [1.165, 1.54) is 0 Å². The van der Waals surface area contributed by atoms with Crippen molar-refractivity contribution in [3.05, 3.63) is 36.0 Å². The summed E-state index contributed by atoms with van der Waals surface area (Å²) in [6, 6.07) is 0. The summed E-state index contributed by atoms with van der Waals surface area (Å²) in [5.41, 5.74) is 2.07. The molecule has 0 radical (unpaired) electrons. The molecule has 1 heteroatoms. The number of carbonyl (C=O) groups is 1. The standard InChI is InChI=1S/C15H22O/c1-11(2)14-9-8-12(3)6-5-7-13(4)15(16)10-14/h7-9,11,14H,3,5-6,10H2,1-2,4H3/b9-8+,13-7+. The summed E-state index contributed by atoms with van der Waals surface area (Å²) in [5.74, 6) is 1.13. The zero-order valence-electron chi connectivity index (χ0n) is 10.6. The maximum atomic E-state index is 11.9. The number of rotatable bonds is 1. The number of ketones is 1. The van der Waals surface area contributed by atoms with Crippen molar-refractivity contribution in [2.75, 3.05) is 0 Å². The van der Waals surface area contributed by atoms with Gasteiger partial charge in [0.15, 0.2) is 5.78 Å². The monoisotopic (exact) mass is 218 g/mol. The Morgan fingerprint density at radius 2 is 2.12 bits per heavy atom. The number of Topliss-reactive ketones (excluding diaryl/α,β-unsaturated/α-hetero) is 1. The largest absolute Gasteiger partial charge is 0.295 e. The maximum Gasteiger partial charge on any atom is 0.158 e. The molecule has 0 N–H and O–H groups in total. The van der Waals surface area contributed by atoms with Gasteiger partial charge in [-0.3, -0.25) is 4.79 Å². The SMILES string of the molecule is C=C1/C=C/C(C(C)C)CC(=O)/C(C)=C/CC1. The van der Waals surface area contributed by atoms with E-state index in [0.29, 0.717) is 18.3 Å². The molecule has 1 unspecified atom stereocenters. The van der Waals surface area contributed by atoms with E-state index in [-0.39, 0.29) is 5.78 Å². The fourth-order valence-corrected chi connectivity index (χ4v) is 1.83. The molecule has 1 aliphatic carbocycles. The summed E-state index contributed by atoms with van der Waals surface area (Å²) in [4.78, 5) is 11.9. The van der Waals surface area contributed by atoms with Gasteiger partial charge in [0.05, 0.1) is 0 Å². The molecule has 0 aromatic rings. The van der Waals surface area contributed by atoms with E-state index in [9.17, 15) is 4.79 Å². The molecular weight excluding hydrogens is 196 g/mol. The molecule has 1 nitrogen and oxygen atoms in total. The molecular formula is C15H22O. The van der Waals surface area contributed by atoms with Crippen molar-refractivity contribution >= 4 is 5.78 Å². The summed E-state index contributed by atoms with van der Waals surface area (Å²) in [5, 5.41) is 0. The van der Waals surface area contributed by atoms with Crippen molar-refractivity contribution < 1.29 is 4.79 Å². The Hall–Kier alpha value is -1.11. The van der Waals surface area contributed by atoms with Crippen molar-refractivity contribution in [2.24, 2.45) is 11.8 Å². The second kappa shape index (κ2) is 5.83. The van der Waals surface area contributed by atoms with Crippen LogP contribution in [0.4, 0.5) is 0 Å². The average Bonchev–Trinajstić information content (AvgIpc) is 2.22. The van der Waals surface area contributed by atoms with Crippen LogP contribution in [0.15, 0.2) is 36.0 Å². The van der Waals surface area contributed by atoms with Gasteiger partial charge in [-0.15, -0.1) is 0 Å². The van der Waals surface area contributed by atoms with Gasteiger partial charge in [-0.25, -0.2) is 0 Å². The van der Waals surface area contributed by atoms with E-state index in [1.807, 2.05) is 13.0 Å². The average molecular weight is 218 g/mol. The van der Waals surface area contributed by atoms with Gasteiger partial charge in [-0.2, -0.15) is 0 Å². The van der Waals surface area contributed by atoms with E-state index < -0.39 is 0 Å². The van der Waals surface area contributed by atoms with Crippen LogP contribution in [0.25, 0.3) is 0 Å². The number of hydrogen-bond donors (Lipinski definition) is 0. The lowest BCUT2D eigenvalue weighted by atomic mass is 9.87. The van der Waals surface area contributed by atoms with Gasteiger partial charge in [0.2, 0.25) is 0 Å². The van der Waals surface area contributed by atoms with Crippen LogP contribution < -0.4 is 0 Å². The van der Waals surface area contributed by atoms with Crippen LogP contribution in [0.2, 0.25) is 0 Å². The van der Waals surface area contributed by atoms with E-state index in [0.717, 1.165) is 24.0 Å². The first kappa shape index (κ1) is 13.0. The second-order valence-corrected chi connectivity index (χ2v) is 4.98. The quantitative estimate of drug-likeness (QED) is 0.648. The van der Waals surface area contributed by atoms with Gasteiger partial charge in [-0.05, 0) is 37.2 Å². The third-order valence-electron chi connectivity index (χ3n) is 3.21. The molecule has 88 valence electrons. The Balaban J connectivity index is 2.87. The molecule has 1 rings (SSSR count). The highest BCUT2D eigenvalue weighted by Gasteiger charge is 2.16. The van der Waals surface area contributed by atoms with E-state index >= 15 is 0 Å². The Morgan fingerprint density at radius 3 is 2.75 bits per heavy atom. The predicted molar refractivity (Wildman–Crippen MR) is 69.2 cm³/mol. The lowest BCUT2D eigenvalue weighted by molar-refractivity contribution is -0.116. The smallest absolute Gasteiger partial charge is 0.158 e. The number of hydrogen-bond acceptors (Lipinski definition) is 1. The van der Waals surface area contributed by atoms with E-state index in [1.54, 1.807) is 0 Å². The number of allylic oxidation sites excluding steroid dienone is 5. The van der Waals surface area contributed by atoms with Gasteiger partial charge in [0.25, 0.3) is 0 Å². The summed E-state index contributed by atoms with van der Waals surface area (Å²) in [6.45, 7) is 10.3. The summed E-state index contributed by atoms with van der Waals surface area (Å²) >= 11 is 0. The van der Waals surface area contributed by atoms with Crippen molar-refractivity contribution in [2.45, 2.75) is 40.0 Å². The summed E-state index contributed by atoms with van der Waals surface area (Å²) in [6.07, 6.45) is 8.79. The molecule has 0 fully saturated rings. The first-order chi connectivity index (χ1) is 7.50. The lowest BCUT2D eigenvalue weighted by Crippen LogP contribution is -2.13. The molecule has 0 aromatic carbocycles. The Kier molecular flexibility index (Phi) is 4.72. The summed E-state index contributed by atoms with van der Waals surface area (Å²) in [7, 11) is 0. The Labute approximate surface area is 98.9 Å². The van der Waals surface area contributed by atoms with Crippen LogP contribution in [-0.2, 0) is 4.79 Å². The Bertz CT molecular complexity index is 331. The molecule has 0 aliphatic heterocycles. The normalized spacial score (nSPS) is 28.8. The molecule has 0 saturated heterocycles. The zero-order valence-corrected chi connectivity index (χ0v) is 10.6. The first-order valence-electron chi connectivity index (χ1n) is 6.06. The molecule has 0 spiro atoms. The molecule has 1 aliphatic rings. The van der Waals surface area contributed by atoms with Gasteiger partial charge < -0.3 is 0 Å². The molecule has 1 atom stereocenters. The predicted octanol–water partition coefficient (Wildman–Crippen LogP) is 4.07. The van der Waals surface area contributed by atoms with E-state index in [2.05, 4.69) is 32.6 Å². The highest BCUT2D eigenvalue weighted by atomic mass is 16.1. The van der Waals surface area contributed by atoms with Gasteiger partial charge in [0, 0.05) is 6.42 Å². The highest BCUT2D eigenvalue weighted by molar-refractivity contribution is 5.95. The molecule has 0 amide bonds. The van der Waals surface area contributed by atoms with Crippen molar-refractivity contribution in [3.8, 4) is 0 Å². The third kappa shape index (κ3) is 3.80. The second-order valence-electron chi connectivity index (χ2n) is 4.98. The molecule has 0 heterocycles. The minimum atomic E-state index is 0.288. The topological polar surface area (TPSA) is 17.1 Å². The van der Waals surface area contributed by atoms with Crippen LogP contribution in [0, 0.1) is 11.8 Å². The minimum absolute atomic E-state index is 0.288. The van der Waals surface area contributed by atoms with Crippen molar-refractivity contribution in [1.29, 1.82) is 0 Å². The summed E-state index contributed by atoms with van der Waals surface area (Å²) < 4.78 is 0. The minimum Gasteiger partial charge on any atom is -0.295 e. The lowest BCUT2D eigenvalue weighted by Gasteiger charge is -2.17. The molecule has 0 bridgehead atoms. The van der Waals surface area contributed by atoms with Crippen LogP contribution in [0.3, 0.4) is 0 Å². The van der Waals surface area contributed by atoms with Gasteiger partial charge >= 0.3 is 0 Å². The van der Waals surface area contributed by atoms with Crippen molar-refractivity contribution in [3.63, 3.8) is 0 Å². The number of carbonyl (C=O) groups excluding carboxylic acids is 1. The van der Waals surface area contributed by atoms with Crippen molar-refractivity contribution in [1.82, 2.24) is 0 Å². The Morgan fingerprint density at radius 1 is 1.44 bits per heavy atom. The van der Waals surface area contributed by atoms with Crippen LogP contribution >= 0.6 is 0 Å². The van der Waals surface area contributed by atoms with Gasteiger partial charge in [-0.1, -0.05) is 44.2 Å². The van der Waals surface area contributed by atoms with Crippen LogP contribution in [-0.4, -0.2) is 5.78 Å². The molecule has 16 heavy (non-hydrogen) atoms. The van der Waals surface area contributed by atoms with Crippen LogP contribution in [0.5, 0.6) is 0 Å². The highest BCUT2D eigenvalue weighted by Crippen LogP contribution is 2.22. The molecule has 0 aromatic heterocycles. The zero-order chi connectivity index (χ0) is 12.1. The maximum absolute atomic E-state index is 11.9. The fourth-order valence-electron chi connectivity index (χ4n) is 1.83. The van der Waals surface area contributed by atoms with E-state index in [4.69, 9.17) is 0 Å². The van der Waals surface area contributed by atoms with Crippen LogP contribution in [0.1, 0.15) is 40.0 Å². The first-order valence-corrected chi connectivity index (χ1v) is 6.06.